The van der Waals surface area contributed by atoms with Crippen LogP contribution >= 0.6 is 0 Å². The van der Waals surface area contributed by atoms with Crippen LogP contribution in [0.25, 0.3) is 0 Å². The average molecular weight is 205 g/mol. The predicted octanol–water partition coefficient (Wildman–Crippen LogP) is 1.08. The van der Waals surface area contributed by atoms with Gasteiger partial charge in [0, 0.05) is 6.20 Å². The van der Waals surface area contributed by atoms with E-state index < -0.39 is 0 Å². The van der Waals surface area contributed by atoms with Gasteiger partial charge in [0.15, 0.2) is 0 Å². The largest absolute Gasteiger partial charge is 0.309 e. The van der Waals surface area contributed by atoms with Crippen molar-refractivity contribution >= 4 is 11.7 Å². The number of aromatic nitrogens is 1. The summed E-state index contributed by atoms with van der Waals surface area (Å²) >= 11 is 0. The maximum atomic E-state index is 11.8. The molecule has 2 rings (SSSR count). The minimum atomic E-state index is -0.0496. The molecule has 1 aromatic rings. The highest BCUT2D eigenvalue weighted by Crippen LogP contribution is 2.12. The molecular formula is C11H15N3O. The maximum absolute atomic E-state index is 11.8. The van der Waals surface area contributed by atoms with Crippen LogP contribution in [0.2, 0.25) is 0 Å². The SMILES string of the molecule is Cc1cccnc1NC(=O)C1CCCN1. The van der Waals surface area contributed by atoms with Gasteiger partial charge in [0.05, 0.1) is 6.04 Å². The van der Waals surface area contributed by atoms with Crippen LogP contribution < -0.4 is 10.6 Å². The van der Waals surface area contributed by atoms with Crippen molar-refractivity contribution in [2.24, 2.45) is 0 Å². The summed E-state index contributed by atoms with van der Waals surface area (Å²) in [5, 5.41) is 6.00. The van der Waals surface area contributed by atoms with Gasteiger partial charge in [-0.3, -0.25) is 4.79 Å². The van der Waals surface area contributed by atoms with Gasteiger partial charge >= 0.3 is 0 Å². The minimum absolute atomic E-state index is 0.0225. The minimum Gasteiger partial charge on any atom is -0.309 e. The van der Waals surface area contributed by atoms with Gasteiger partial charge in [0.2, 0.25) is 5.91 Å². The highest BCUT2D eigenvalue weighted by Gasteiger charge is 2.22. The molecule has 1 fully saturated rings. The summed E-state index contributed by atoms with van der Waals surface area (Å²) < 4.78 is 0. The van der Waals surface area contributed by atoms with E-state index in [-0.39, 0.29) is 11.9 Å². The van der Waals surface area contributed by atoms with Gasteiger partial charge in [-0.15, -0.1) is 0 Å². The molecule has 0 saturated carbocycles. The van der Waals surface area contributed by atoms with Gasteiger partial charge in [0.1, 0.15) is 5.82 Å². The van der Waals surface area contributed by atoms with Gasteiger partial charge in [-0.2, -0.15) is 0 Å². The zero-order valence-corrected chi connectivity index (χ0v) is 8.79. The number of anilines is 1. The molecule has 4 heteroatoms. The molecule has 1 atom stereocenters. The van der Waals surface area contributed by atoms with Crippen molar-refractivity contribution in [1.29, 1.82) is 0 Å². The monoisotopic (exact) mass is 205 g/mol. The number of amides is 1. The maximum Gasteiger partial charge on any atom is 0.242 e. The van der Waals surface area contributed by atoms with Crippen molar-refractivity contribution in [3.05, 3.63) is 23.9 Å². The molecule has 0 radical (unpaired) electrons. The molecule has 1 aliphatic heterocycles. The molecule has 0 bridgehead atoms. The standard InChI is InChI=1S/C11H15N3O/c1-8-4-2-7-13-10(8)14-11(15)9-5-3-6-12-9/h2,4,7,9,12H,3,5-6H2,1H3,(H,13,14,15). The zero-order chi connectivity index (χ0) is 10.7. The fourth-order valence-corrected chi connectivity index (χ4v) is 1.73. The lowest BCUT2D eigenvalue weighted by molar-refractivity contribution is -0.117. The topological polar surface area (TPSA) is 54.0 Å². The Balaban J connectivity index is 2.02. The van der Waals surface area contributed by atoms with E-state index in [0.29, 0.717) is 5.82 Å². The summed E-state index contributed by atoms with van der Waals surface area (Å²) in [7, 11) is 0. The quantitative estimate of drug-likeness (QED) is 0.759. The second-order valence-corrected chi connectivity index (χ2v) is 3.81. The molecular weight excluding hydrogens is 190 g/mol. The molecule has 2 N–H and O–H groups in total. The van der Waals surface area contributed by atoms with E-state index >= 15 is 0 Å². The van der Waals surface area contributed by atoms with E-state index in [1.807, 2.05) is 19.1 Å². The third-order valence-electron chi connectivity index (χ3n) is 2.63. The molecule has 0 aliphatic carbocycles. The molecule has 2 heterocycles. The van der Waals surface area contributed by atoms with Crippen LogP contribution in [0, 0.1) is 6.92 Å². The van der Waals surface area contributed by atoms with E-state index in [1.165, 1.54) is 0 Å². The number of nitrogens with one attached hydrogen (secondary N) is 2. The fourth-order valence-electron chi connectivity index (χ4n) is 1.73. The number of hydrogen-bond acceptors (Lipinski definition) is 3. The molecule has 1 saturated heterocycles. The van der Waals surface area contributed by atoms with E-state index in [2.05, 4.69) is 15.6 Å². The summed E-state index contributed by atoms with van der Waals surface area (Å²) in [4.78, 5) is 15.9. The van der Waals surface area contributed by atoms with Crippen LogP contribution in [-0.4, -0.2) is 23.5 Å². The number of carbonyl (C=O) groups excluding carboxylic acids is 1. The van der Waals surface area contributed by atoms with Crippen LogP contribution in [0.1, 0.15) is 18.4 Å². The van der Waals surface area contributed by atoms with Crippen molar-refractivity contribution in [2.45, 2.75) is 25.8 Å². The van der Waals surface area contributed by atoms with Crippen LogP contribution in [0.5, 0.6) is 0 Å². The number of aryl methyl sites for hydroxylation is 1. The van der Waals surface area contributed by atoms with Crippen LogP contribution in [0.3, 0.4) is 0 Å². The first-order valence-electron chi connectivity index (χ1n) is 5.23. The third kappa shape index (κ3) is 2.33. The summed E-state index contributed by atoms with van der Waals surface area (Å²) in [6, 6.07) is 3.75. The van der Waals surface area contributed by atoms with Gasteiger partial charge in [-0.1, -0.05) is 6.07 Å². The number of hydrogen-bond donors (Lipinski definition) is 2. The Hall–Kier alpha value is -1.42. The van der Waals surface area contributed by atoms with E-state index in [4.69, 9.17) is 0 Å². The molecule has 4 nitrogen and oxygen atoms in total. The average Bonchev–Trinajstić information content (AvgIpc) is 2.74. The third-order valence-corrected chi connectivity index (χ3v) is 2.63. The Morgan fingerprint density at radius 1 is 1.67 bits per heavy atom. The molecule has 1 aromatic heterocycles. The highest BCUT2D eigenvalue weighted by atomic mass is 16.2. The van der Waals surface area contributed by atoms with Gasteiger partial charge < -0.3 is 10.6 Å². The second kappa shape index (κ2) is 4.40. The molecule has 1 amide bonds. The van der Waals surface area contributed by atoms with Crippen LogP contribution in [0.4, 0.5) is 5.82 Å². The first-order valence-corrected chi connectivity index (χ1v) is 5.23. The van der Waals surface area contributed by atoms with Crippen LogP contribution in [-0.2, 0) is 4.79 Å². The molecule has 80 valence electrons. The van der Waals surface area contributed by atoms with Crippen molar-refractivity contribution in [3.8, 4) is 0 Å². The second-order valence-electron chi connectivity index (χ2n) is 3.81. The normalized spacial score (nSPS) is 20.2. The van der Waals surface area contributed by atoms with Crippen molar-refractivity contribution < 1.29 is 4.79 Å². The Kier molecular flexibility index (Phi) is 2.97. The molecule has 15 heavy (non-hydrogen) atoms. The van der Waals surface area contributed by atoms with Crippen molar-refractivity contribution in [3.63, 3.8) is 0 Å². The smallest absolute Gasteiger partial charge is 0.242 e. The fraction of sp³-hybridized carbons (Fsp3) is 0.455. The lowest BCUT2D eigenvalue weighted by Gasteiger charge is -2.11. The van der Waals surface area contributed by atoms with Crippen LogP contribution in [0.15, 0.2) is 18.3 Å². The van der Waals surface area contributed by atoms with Crippen molar-refractivity contribution in [1.82, 2.24) is 10.3 Å². The Bertz CT molecular complexity index is 359. The van der Waals surface area contributed by atoms with E-state index in [0.717, 1.165) is 24.9 Å². The Labute approximate surface area is 89.1 Å². The Morgan fingerprint density at radius 3 is 3.20 bits per heavy atom. The number of pyridine rings is 1. The van der Waals surface area contributed by atoms with Gasteiger partial charge in [0.25, 0.3) is 0 Å². The van der Waals surface area contributed by atoms with E-state index in [1.54, 1.807) is 6.20 Å². The lowest BCUT2D eigenvalue weighted by atomic mass is 10.2. The lowest BCUT2D eigenvalue weighted by Crippen LogP contribution is -2.35. The van der Waals surface area contributed by atoms with Gasteiger partial charge in [-0.25, -0.2) is 4.98 Å². The molecule has 0 spiro atoms. The summed E-state index contributed by atoms with van der Waals surface area (Å²) in [6.07, 6.45) is 3.67. The molecule has 1 unspecified atom stereocenters. The van der Waals surface area contributed by atoms with Crippen molar-refractivity contribution in [2.75, 3.05) is 11.9 Å². The Morgan fingerprint density at radius 2 is 2.53 bits per heavy atom. The number of carbonyl (C=O) groups is 1. The summed E-state index contributed by atoms with van der Waals surface area (Å²) in [5.74, 6) is 0.686. The summed E-state index contributed by atoms with van der Waals surface area (Å²) in [6.45, 7) is 2.87. The molecule has 1 aliphatic rings. The summed E-state index contributed by atoms with van der Waals surface area (Å²) in [5.41, 5.74) is 0.990. The molecule has 0 aromatic carbocycles. The number of nitrogens with zero attached hydrogens (tertiary/aromatic N) is 1. The first-order chi connectivity index (χ1) is 7.27. The number of rotatable bonds is 2. The predicted molar refractivity (Wildman–Crippen MR) is 58.6 cm³/mol. The van der Waals surface area contributed by atoms with Gasteiger partial charge in [-0.05, 0) is 37.9 Å². The van der Waals surface area contributed by atoms with E-state index in [9.17, 15) is 4.79 Å². The zero-order valence-electron chi connectivity index (χ0n) is 8.79. The first kappa shape index (κ1) is 10.1. The highest BCUT2D eigenvalue weighted by molar-refractivity contribution is 5.94.